The third-order valence-corrected chi connectivity index (χ3v) is 9.51. The van der Waals surface area contributed by atoms with E-state index in [1.165, 1.54) is 30.3 Å². The van der Waals surface area contributed by atoms with Crippen molar-refractivity contribution in [3.63, 3.8) is 0 Å². The van der Waals surface area contributed by atoms with E-state index in [9.17, 15) is 14.4 Å². The van der Waals surface area contributed by atoms with E-state index in [2.05, 4.69) is 44.4 Å². The SMILES string of the molecule is COc1ccc(C(=O)C2CCN(C(=O)c3ccc(C(=O)NC4CCN(Cc5ccc(N6CCCC6)cc5)CC4)cn3)CC2)cc1. The third-order valence-electron chi connectivity index (χ3n) is 9.51. The number of pyridine rings is 1. The molecular formula is C36H43N5O4. The van der Waals surface area contributed by atoms with E-state index >= 15 is 0 Å². The van der Waals surface area contributed by atoms with Gasteiger partial charge in [0.1, 0.15) is 11.4 Å². The van der Waals surface area contributed by atoms with Crippen LogP contribution in [0.15, 0.2) is 66.9 Å². The van der Waals surface area contributed by atoms with Crippen molar-refractivity contribution in [2.75, 3.05) is 51.3 Å². The summed E-state index contributed by atoms with van der Waals surface area (Å²) in [7, 11) is 1.60. The molecule has 3 aromatic rings. The molecule has 9 heteroatoms. The lowest BCUT2D eigenvalue weighted by Crippen LogP contribution is -2.44. The van der Waals surface area contributed by atoms with Crippen molar-refractivity contribution in [2.24, 2.45) is 5.92 Å². The Morgan fingerprint density at radius 1 is 0.800 bits per heavy atom. The number of likely N-dealkylation sites (tertiary alicyclic amines) is 2. The van der Waals surface area contributed by atoms with Crippen LogP contribution in [0.5, 0.6) is 5.75 Å². The topological polar surface area (TPSA) is 95.1 Å². The monoisotopic (exact) mass is 609 g/mol. The van der Waals surface area contributed by atoms with Gasteiger partial charge in [-0.3, -0.25) is 24.3 Å². The zero-order valence-corrected chi connectivity index (χ0v) is 26.1. The number of nitrogens with one attached hydrogen (secondary N) is 1. The van der Waals surface area contributed by atoms with Crippen molar-refractivity contribution in [2.45, 2.75) is 51.1 Å². The number of aromatic nitrogens is 1. The first-order valence-corrected chi connectivity index (χ1v) is 16.3. The summed E-state index contributed by atoms with van der Waals surface area (Å²) in [6.07, 6.45) is 7.08. The lowest BCUT2D eigenvalue weighted by molar-refractivity contribution is 0.0645. The highest BCUT2D eigenvalue weighted by Crippen LogP contribution is 2.25. The van der Waals surface area contributed by atoms with Crippen LogP contribution in [-0.2, 0) is 6.54 Å². The first kappa shape index (κ1) is 30.8. The second-order valence-corrected chi connectivity index (χ2v) is 12.5. The van der Waals surface area contributed by atoms with E-state index in [1.54, 1.807) is 48.4 Å². The average molecular weight is 610 g/mol. The molecule has 3 aliphatic rings. The fourth-order valence-electron chi connectivity index (χ4n) is 6.70. The van der Waals surface area contributed by atoms with Gasteiger partial charge in [0.2, 0.25) is 0 Å². The molecule has 0 aliphatic carbocycles. The molecule has 0 unspecified atom stereocenters. The molecule has 2 amide bonds. The Kier molecular flexibility index (Phi) is 9.74. The van der Waals surface area contributed by atoms with E-state index in [0.717, 1.165) is 45.6 Å². The summed E-state index contributed by atoms with van der Waals surface area (Å²) in [5, 5.41) is 3.16. The number of hydrogen-bond acceptors (Lipinski definition) is 7. The fraction of sp³-hybridized carbons (Fsp3) is 0.444. The van der Waals surface area contributed by atoms with Crippen molar-refractivity contribution in [3.8, 4) is 5.75 Å². The minimum atomic E-state index is -0.171. The van der Waals surface area contributed by atoms with Gasteiger partial charge in [-0.25, -0.2) is 0 Å². The van der Waals surface area contributed by atoms with E-state index in [1.807, 2.05) is 0 Å². The predicted octanol–water partition coefficient (Wildman–Crippen LogP) is 4.82. The number of ketones is 1. The highest BCUT2D eigenvalue weighted by Gasteiger charge is 2.29. The van der Waals surface area contributed by atoms with Crippen molar-refractivity contribution in [1.29, 1.82) is 0 Å². The zero-order chi connectivity index (χ0) is 31.2. The van der Waals surface area contributed by atoms with Gasteiger partial charge in [-0.1, -0.05) is 12.1 Å². The maximum atomic E-state index is 13.1. The Morgan fingerprint density at radius 2 is 1.47 bits per heavy atom. The van der Waals surface area contributed by atoms with Gasteiger partial charge in [0, 0.05) is 75.2 Å². The number of amides is 2. The largest absolute Gasteiger partial charge is 0.497 e. The maximum Gasteiger partial charge on any atom is 0.272 e. The number of benzene rings is 2. The molecule has 0 atom stereocenters. The van der Waals surface area contributed by atoms with Gasteiger partial charge < -0.3 is 19.9 Å². The Bertz CT molecular complexity index is 1450. The maximum absolute atomic E-state index is 13.1. The first-order valence-electron chi connectivity index (χ1n) is 16.3. The van der Waals surface area contributed by atoms with Gasteiger partial charge in [-0.15, -0.1) is 0 Å². The van der Waals surface area contributed by atoms with Crippen LogP contribution in [0.25, 0.3) is 0 Å². The molecular weight excluding hydrogens is 566 g/mol. The molecule has 45 heavy (non-hydrogen) atoms. The van der Waals surface area contributed by atoms with Crippen LogP contribution in [-0.4, -0.2) is 84.8 Å². The molecule has 0 radical (unpaired) electrons. The van der Waals surface area contributed by atoms with Crippen LogP contribution in [0, 0.1) is 5.92 Å². The summed E-state index contributed by atoms with van der Waals surface area (Å²) in [6, 6.07) is 19.6. The second kappa shape index (κ2) is 14.2. The number of rotatable bonds is 9. The highest BCUT2D eigenvalue weighted by atomic mass is 16.5. The molecule has 2 aromatic carbocycles. The molecule has 236 valence electrons. The number of anilines is 1. The standard InChI is InChI=1S/C36H43N5O4/c1-45-32-11-6-27(7-12-32)34(42)28-14-22-41(23-15-28)36(44)33-13-8-29(24-37-33)35(43)38-30-16-20-39(21-17-30)25-26-4-9-31(10-5-26)40-18-2-3-19-40/h4-13,24,28,30H,2-3,14-23,25H2,1H3,(H,38,43). The summed E-state index contributed by atoms with van der Waals surface area (Å²) in [5.74, 6) is 0.380. The summed E-state index contributed by atoms with van der Waals surface area (Å²) in [4.78, 5) is 50.0. The molecule has 0 bridgehead atoms. The van der Waals surface area contributed by atoms with Gasteiger partial charge in [-0.05, 0) is 92.6 Å². The van der Waals surface area contributed by atoms with Crippen LogP contribution >= 0.6 is 0 Å². The molecule has 1 aromatic heterocycles. The molecule has 0 saturated carbocycles. The molecule has 9 nitrogen and oxygen atoms in total. The molecule has 3 fully saturated rings. The Balaban J connectivity index is 0.930. The number of piperidine rings is 2. The fourth-order valence-corrected chi connectivity index (χ4v) is 6.70. The van der Waals surface area contributed by atoms with Crippen LogP contribution in [0.3, 0.4) is 0 Å². The predicted molar refractivity (Wildman–Crippen MR) is 174 cm³/mol. The lowest BCUT2D eigenvalue weighted by atomic mass is 9.88. The van der Waals surface area contributed by atoms with Gasteiger partial charge in [0.25, 0.3) is 11.8 Å². The van der Waals surface area contributed by atoms with Gasteiger partial charge in [0.05, 0.1) is 12.7 Å². The van der Waals surface area contributed by atoms with E-state index in [4.69, 9.17) is 4.74 Å². The third kappa shape index (κ3) is 7.53. The quantitative estimate of drug-likeness (QED) is 0.348. The van der Waals surface area contributed by atoms with Gasteiger partial charge in [-0.2, -0.15) is 0 Å². The van der Waals surface area contributed by atoms with E-state index < -0.39 is 0 Å². The minimum absolute atomic E-state index is 0.103. The molecule has 3 saturated heterocycles. The van der Waals surface area contributed by atoms with Crippen molar-refractivity contribution in [1.82, 2.24) is 20.1 Å². The van der Waals surface area contributed by atoms with Crippen molar-refractivity contribution in [3.05, 3.63) is 89.2 Å². The summed E-state index contributed by atoms with van der Waals surface area (Å²) >= 11 is 0. The second-order valence-electron chi connectivity index (χ2n) is 12.5. The van der Waals surface area contributed by atoms with E-state index in [0.29, 0.717) is 48.5 Å². The average Bonchev–Trinajstić information content (AvgIpc) is 3.64. The number of carbonyl (C=O) groups is 3. The van der Waals surface area contributed by atoms with E-state index in [-0.39, 0.29) is 29.6 Å². The Morgan fingerprint density at radius 3 is 2.09 bits per heavy atom. The summed E-state index contributed by atoms with van der Waals surface area (Å²) < 4.78 is 5.18. The van der Waals surface area contributed by atoms with Crippen molar-refractivity contribution < 1.29 is 19.1 Å². The normalized spacial score (nSPS) is 18.2. The number of hydrogen-bond donors (Lipinski definition) is 1. The number of carbonyl (C=O) groups excluding carboxylic acids is 3. The number of Topliss-reactive ketones (excluding diaryl/α,β-unsaturated/α-hetero) is 1. The number of ether oxygens (including phenoxy) is 1. The zero-order valence-electron chi connectivity index (χ0n) is 26.1. The van der Waals surface area contributed by atoms with Gasteiger partial charge >= 0.3 is 0 Å². The summed E-state index contributed by atoms with van der Waals surface area (Å²) in [5.41, 5.74) is 4.08. The number of nitrogens with zero attached hydrogens (tertiary/aromatic N) is 4. The van der Waals surface area contributed by atoms with Crippen LogP contribution in [0.2, 0.25) is 0 Å². The Hall–Kier alpha value is -4.24. The molecule has 1 N–H and O–H groups in total. The minimum Gasteiger partial charge on any atom is -0.497 e. The highest BCUT2D eigenvalue weighted by molar-refractivity contribution is 5.99. The lowest BCUT2D eigenvalue weighted by Gasteiger charge is -2.32. The first-order chi connectivity index (χ1) is 22.0. The smallest absolute Gasteiger partial charge is 0.272 e. The molecule has 0 spiro atoms. The molecule has 3 aliphatic heterocycles. The van der Waals surface area contributed by atoms with Gasteiger partial charge in [0.15, 0.2) is 5.78 Å². The van der Waals surface area contributed by atoms with Crippen molar-refractivity contribution >= 4 is 23.3 Å². The van der Waals surface area contributed by atoms with Crippen LogP contribution in [0.4, 0.5) is 5.69 Å². The van der Waals surface area contributed by atoms with Crippen LogP contribution in [0.1, 0.15) is 75.3 Å². The molecule has 6 rings (SSSR count). The number of methoxy groups -OCH3 is 1. The summed E-state index contributed by atoms with van der Waals surface area (Å²) in [6.45, 7) is 6.12. The Labute approximate surface area is 265 Å². The molecule has 4 heterocycles. The van der Waals surface area contributed by atoms with Crippen LogP contribution < -0.4 is 15.0 Å².